The Morgan fingerprint density at radius 2 is 0.712 bits per heavy atom. The lowest BCUT2D eigenvalue weighted by Gasteiger charge is -2.35. The predicted molar refractivity (Wildman–Crippen MR) is 227 cm³/mol. The molecule has 0 aliphatic heterocycles. The van der Waals surface area contributed by atoms with Gasteiger partial charge in [-0.2, -0.15) is 0 Å². The van der Waals surface area contributed by atoms with E-state index in [1.165, 1.54) is 77.7 Å². The van der Waals surface area contributed by atoms with Crippen LogP contribution in [0, 0.1) is 27.7 Å². The minimum Gasteiger partial charge on any atom is -0.309 e. The molecule has 7 aromatic rings. The van der Waals surface area contributed by atoms with Crippen molar-refractivity contribution in [2.45, 2.75) is 80.1 Å². The molecule has 0 saturated heterocycles. The van der Waals surface area contributed by atoms with Crippen LogP contribution in [-0.4, -0.2) is 0 Å². The van der Waals surface area contributed by atoms with Crippen molar-refractivity contribution in [2.24, 2.45) is 0 Å². The first kappa shape index (κ1) is 35.1. The molecule has 0 radical (unpaired) electrons. The van der Waals surface area contributed by atoms with E-state index in [0.29, 0.717) is 0 Å². The van der Waals surface area contributed by atoms with Crippen molar-refractivity contribution in [2.75, 3.05) is 9.80 Å². The molecule has 0 bridgehead atoms. The van der Waals surface area contributed by atoms with Crippen LogP contribution in [0.5, 0.6) is 0 Å². The maximum Gasteiger partial charge on any atom is 0.0620 e. The van der Waals surface area contributed by atoms with Crippen molar-refractivity contribution in [3.63, 3.8) is 0 Å². The van der Waals surface area contributed by atoms with Crippen LogP contribution in [0.3, 0.4) is 0 Å². The maximum atomic E-state index is 2.51. The van der Waals surface area contributed by atoms with Crippen molar-refractivity contribution < 1.29 is 0 Å². The molecule has 7 rings (SSSR count). The summed E-state index contributed by atoms with van der Waals surface area (Å²) >= 11 is 0. The zero-order chi connectivity index (χ0) is 36.9. The third-order valence-electron chi connectivity index (χ3n) is 10.5. The Balaban J connectivity index is 1.74. The van der Waals surface area contributed by atoms with Crippen LogP contribution in [-0.2, 0) is 10.8 Å². The van der Waals surface area contributed by atoms with Gasteiger partial charge in [0.1, 0.15) is 0 Å². The number of benzene rings is 7. The van der Waals surface area contributed by atoms with Crippen molar-refractivity contribution >= 4 is 55.7 Å². The summed E-state index contributed by atoms with van der Waals surface area (Å²) in [5, 5.41) is 4.90. The van der Waals surface area contributed by atoms with Crippen LogP contribution in [0.2, 0.25) is 0 Å². The van der Waals surface area contributed by atoms with Crippen molar-refractivity contribution in [1.82, 2.24) is 0 Å². The number of hydrogen-bond acceptors (Lipinski definition) is 2. The minimum atomic E-state index is -0.0410. The van der Waals surface area contributed by atoms with Crippen LogP contribution >= 0.6 is 0 Å². The molecule has 0 aliphatic carbocycles. The van der Waals surface area contributed by atoms with Gasteiger partial charge in [0, 0.05) is 44.3 Å². The molecule has 52 heavy (non-hydrogen) atoms. The number of anilines is 6. The Morgan fingerprint density at radius 3 is 1.04 bits per heavy atom. The zero-order valence-electron chi connectivity index (χ0n) is 32.6. The van der Waals surface area contributed by atoms with Gasteiger partial charge in [-0.3, -0.25) is 0 Å². The molecule has 0 amide bonds. The summed E-state index contributed by atoms with van der Waals surface area (Å²) < 4.78 is 0. The smallest absolute Gasteiger partial charge is 0.0620 e. The number of aryl methyl sites for hydroxylation is 4. The van der Waals surface area contributed by atoms with E-state index in [0.717, 1.165) is 11.4 Å². The highest BCUT2D eigenvalue weighted by atomic mass is 15.2. The second kappa shape index (κ2) is 13.3. The Kier molecular flexibility index (Phi) is 8.99. The molecule has 0 saturated carbocycles. The first-order valence-corrected chi connectivity index (χ1v) is 18.6. The fraction of sp³-hybridized carbons (Fsp3) is 0.240. The van der Waals surface area contributed by atoms with Gasteiger partial charge in [0.2, 0.25) is 0 Å². The highest BCUT2D eigenvalue weighted by Crippen LogP contribution is 2.53. The van der Waals surface area contributed by atoms with E-state index in [2.05, 4.69) is 212 Å². The largest absolute Gasteiger partial charge is 0.309 e. The number of hydrogen-bond donors (Lipinski definition) is 0. The van der Waals surface area contributed by atoms with E-state index in [9.17, 15) is 0 Å². The molecule has 0 aliphatic rings. The van der Waals surface area contributed by atoms with E-state index in [1.807, 2.05) is 0 Å². The average Bonchev–Trinajstić information content (AvgIpc) is 3.10. The van der Waals surface area contributed by atoms with E-state index in [-0.39, 0.29) is 10.8 Å². The molecule has 2 heteroatoms. The Bertz CT molecular complexity index is 2230. The SMILES string of the molecule is Cc1ccc(N(c2ccccc2C)c2c3ccc(C(C)(C)C)cc3c(N(c3ccc(C)cc3)c3ccccc3C)c3ccc(C(C)(C)C)cc23)cc1. The molecular formula is C50H52N2. The molecular weight excluding hydrogens is 629 g/mol. The first-order chi connectivity index (χ1) is 24.7. The topological polar surface area (TPSA) is 6.48 Å². The van der Waals surface area contributed by atoms with Crippen LogP contribution in [0.1, 0.15) is 74.9 Å². The summed E-state index contributed by atoms with van der Waals surface area (Å²) in [7, 11) is 0. The third-order valence-corrected chi connectivity index (χ3v) is 10.5. The summed E-state index contributed by atoms with van der Waals surface area (Å²) in [5.74, 6) is 0. The lowest BCUT2D eigenvalue weighted by atomic mass is 9.82. The molecule has 0 aromatic heterocycles. The fourth-order valence-electron chi connectivity index (χ4n) is 7.39. The quantitative estimate of drug-likeness (QED) is 0.127. The van der Waals surface area contributed by atoms with Gasteiger partial charge in [-0.15, -0.1) is 0 Å². The predicted octanol–water partition coefficient (Wildman–Crippen LogP) is 14.8. The average molecular weight is 681 g/mol. The van der Waals surface area contributed by atoms with Gasteiger partial charge in [-0.05, 0) is 109 Å². The van der Waals surface area contributed by atoms with E-state index in [4.69, 9.17) is 0 Å². The van der Waals surface area contributed by atoms with Gasteiger partial charge in [-0.1, -0.05) is 138 Å². The second-order valence-electron chi connectivity index (χ2n) is 16.6. The third kappa shape index (κ3) is 6.48. The first-order valence-electron chi connectivity index (χ1n) is 18.6. The minimum absolute atomic E-state index is 0.0410. The lowest BCUT2D eigenvalue weighted by Crippen LogP contribution is -2.17. The molecule has 262 valence electrons. The number of fused-ring (bicyclic) bond motifs is 2. The van der Waals surface area contributed by atoms with Gasteiger partial charge >= 0.3 is 0 Å². The fourth-order valence-corrected chi connectivity index (χ4v) is 7.39. The van der Waals surface area contributed by atoms with Crippen LogP contribution in [0.25, 0.3) is 21.5 Å². The van der Waals surface area contributed by atoms with E-state index in [1.54, 1.807) is 0 Å². The van der Waals surface area contributed by atoms with Gasteiger partial charge < -0.3 is 9.80 Å². The highest BCUT2D eigenvalue weighted by Gasteiger charge is 2.29. The summed E-state index contributed by atoms with van der Waals surface area (Å²) in [6, 6.07) is 50.0. The van der Waals surface area contributed by atoms with Gasteiger partial charge in [0.05, 0.1) is 11.4 Å². The summed E-state index contributed by atoms with van der Waals surface area (Å²) in [5.41, 5.74) is 14.5. The molecule has 0 unspecified atom stereocenters. The number of rotatable bonds is 6. The van der Waals surface area contributed by atoms with E-state index < -0.39 is 0 Å². The van der Waals surface area contributed by atoms with Crippen molar-refractivity contribution in [3.05, 3.63) is 167 Å². The molecule has 0 spiro atoms. The summed E-state index contributed by atoms with van der Waals surface area (Å²) in [6.07, 6.45) is 0. The Labute approximate surface area is 311 Å². The molecule has 0 N–H and O–H groups in total. The van der Waals surface area contributed by atoms with Crippen LogP contribution < -0.4 is 9.80 Å². The molecule has 0 heterocycles. The van der Waals surface area contributed by atoms with Crippen LogP contribution in [0.4, 0.5) is 34.1 Å². The lowest BCUT2D eigenvalue weighted by molar-refractivity contribution is 0.590. The van der Waals surface area contributed by atoms with E-state index >= 15 is 0 Å². The molecule has 0 fully saturated rings. The number of para-hydroxylation sites is 2. The summed E-state index contributed by atoms with van der Waals surface area (Å²) in [4.78, 5) is 5.02. The Hall–Kier alpha value is -5.34. The van der Waals surface area contributed by atoms with Gasteiger partial charge in [-0.25, -0.2) is 0 Å². The normalized spacial score (nSPS) is 12.0. The second-order valence-corrected chi connectivity index (χ2v) is 16.6. The van der Waals surface area contributed by atoms with Gasteiger partial charge in [0.15, 0.2) is 0 Å². The number of nitrogens with zero attached hydrogens (tertiary/aromatic N) is 2. The van der Waals surface area contributed by atoms with Gasteiger partial charge in [0.25, 0.3) is 0 Å². The Morgan fingerprint density at radius 1 is 0.365 bits per heavy atom. The van der Waals surface area contributed by atoms with Crippen molar-refractivity contribution in [1.29, 1.82) is 0 Å². The highest BCUT2D eigenvalue weighted by molar-refractivity contribution is 6.23. The zero-order valence-corrected chi connectivity index (χ0v) is 32.6. The summed E-state index contributed by atoms with van der Waals surface area (Å²) in [6.45, 7) is 22.7. The molecule has 7 aromatic carbocycles. The molecule has 0 atom stereocenters. The monoisotopic (exact) mass is 680 g/mol. The molecule has 2 nitrogen and oxygen atoms in total. The van der Waals surface area contributed by atoms with Crippen LogP contribution in [0.15, 0.2) is 133 Å². The van der Waals surface area contributed by atoms with Crippen molar-refractivity contribution in [3.8, 4) is 0 Å². The maximum absolute atomic E-state index is 2.51. The standard InChI is InChI=1S/C50H52N2/c1-33-19-25-39(26-20-33)51(45-17-13-11-15-35(45)3)47-41-29-23-38(50(8,9)10)32-44(41)48(42-30-24-37(31-43(42)47)49(5,6)7)52(40-27-21-34(2)22-28-40)46-18-14-12-16-36(46)4/h11-32H,1-10H3.